The lowest BCUT2D eigenvalue weighted by Crippen LogP contribution is -2.52. The molecule has 1 saturated carbocycles. The summed E-state index contributed by atoms with van der Waals surface area (Å²) >= 11 is 0. The Morgan fingerprint density at radius 3 is 2.80 bits per heavy atom. The first kappa shape index (κ1) is 15.7. The van der Waals surface area contributed by atoms with Crippen molar-refractivity contribution in [1.82, 2.24) is 15.5 Å². The molecule has 1 aliphatic heterocycles. The number of carbonyl (C=O) groups is 1. The van der Waals surface area contributed by atoms with Gasteiger partial charge in [0.05, 0.1) is 12.6 Å². The molecule has 0 radical (unpaired) electrons. The number of amides is 1. The molecule has 1 aliphatic carbocycles. The average Bonchev–Trinajstić information content (AvgIpc) is 3.30. The zero-order valence-corrected chi connectivity index (χ0v) is 12.9. The smallest absolute Gasteiger partial charge is 0.237 e. The second-order valence-electron chi connectivity index (χ2n) is 6.03. The van der Waals surface area contributed by atoms with E-state index in [1.807, 2.05) is 6.92 Å². The first-order valence-electron chi connectivity index (χ1n) is 7.98. The monoisotopic (exact) mass is 283 g/mol. The summed E-state index contributed by atoms with van der Waals surface area (Å²) in [4.78, 5) is 14.6. The summed E-state index contributed by atoms with van der Waals surface area (Å²) in [7, 11) is 1.65. The molecule has 2 fully saturated rings. The minimum absolute atomic E-state index is 0.0388. The highest BCUT2D eigenvalue weighted by molar-refractivity contribution is 5.81. The molecular weight excluding hydrogens is 254 g/mol. The number of nitrogens with one attached hydrogen (secondary N) is 2. The molecule has 0 aromatic carbocycles. The van der Waals surface area contributed by atoms with Gasteiger partial charge in [-0.1, -0.05) is 6.42 Å². The SMILES string of the molecule is COCCNC(=O)C(C)N(CC1CCCCN1)C1CC1. The van der Waals surface area contributed by atoms with Crippen molar-refractivity contribution in [2.45, 2.75) is 57.2 Å². The summed E-state index contributed by atoms with van der Waals surface area (Å²) in [5.74, 6) is 0.129. The van der Waals surface area contributed by atoms with Crippen molar-refractivity contribution in [2.24, 2.45) is 0 Å². The Labute approximate surface area is 122 Å². The Kier molecular flexibility index (Phi) is 6.26. The van der Waals surface area contributed by atoms with Crippen LogP contribution in [0.25, 0.3) is 0 Å². The highest BCUT2D eigenvalue weighted by Gasteiger charge is 2.36. The fraction of sp³-hybridized carbons (Fsp3) is 0.933. The van der Waals surface area contributed by atoms with Crippen molar-refractivity contribution < 1.29 is 9.53 Å². The van der Waals surface area contributed by atoms with E-state index in [-0.39, 0.29) is 11.9 Å². The van der Waals surface area contributed by atoms with Crippen molar-refractivity contribution in [3.05, 3.63) is 0 Å². The first-order valence-corrected chi connectivity index (χ1v) is 7.98. The molecule has 2 N–H and O–H groups in total. The molecule has 0 aromatic heterocycles. The number of ether oxygens (including phenoxy) is 1. The van der Waals surface area contributed by atoms with Crippen LogP contribution in [0.15, 0.2) is 0 Å². The van der Waals surface area contributed by atoms with Gasteiger partial charge in [0.15, 0.2) is 0 Å². The molecular formula is C15H29N3O2. The summed E-state index contributed by atoms with van der Waals surface area (Å²) in [5.41, 5.74) is 0. The topological polar surface area (TPSA) is 53.6 Å². The number of methoxy groups -OCH3 is 1. The predicted molar refractivity (Wildman–Crippen MR) is 79.7 cm³/mol. The van der Waals surface area contributed by atoms with E-state index in [0.29, 0.717) is 25.2 Å². The molecule has 1 heterocycles. The van der Waals surface area contributed by atoms with Gasteiger partial charge in [-0.15, -0.1) is 0 Å². The normalized spacial score (nSPS) is 24.6. The molecule has 2 unspecified atom stereocenters. The maximum absolute atomic E-state index is 12.2. The zero-order valence-electron chi connectivity index (χ0n) is 12.9. The minimum Gasteiger partial charge on any atom is -0.383 e. The van der Waals surface area contributed by atoms with E-state index >= 15 is 0 Å². The van der Waals surface area contributed by atoms with E-state index in [9.17, 15) is 4.79 Å². The summed E-state index contributed by atoms with van der Waals surface area (Å²) in [6.45, 7) is 5.33. The summed E-state index contributed by atoms with van der Waals surface area (Å²) < 4.78 is 4.98. The van der Waals surface area contributed by atoms with Crippen LogP contribution in [0.4, 0.5) is 0 Å². The zero-order chi connectivity index (χ0) is 14.4. The molecule has 20 heavy (non-hydrogen) atoms. The van der Waals surface area contributed by atoms with Crippen LogP contribution in [0.2, 0.25) is 0 Å². The van der Waals surface area contributed by atoms with Crippen LogP contribution in [-0.2, 0) is 9.53 Å². The molecule has 0 aromatic rings. The van der Waals surface area contributed by atoms with Crippen LogP contribution in [0.5, 0.6) is 0 Å². The molecule has 116 valence electrons. The van der Waals surface area contributed by atoms with Crippen LogP contribution in [-0.4, -0.2) is 62.3 Å². The molecule has 1 amide bonds. The van der Waals surface area contributed by atoms with E-state index in [4.69, 9.17) is 4.74 Å². The van der Waals surface area contributed by atoms with E-state index in [2.05, 4.69) is 15.5 Å². The third-order valence-electron chi connectivity index (χ3n) is 4.34. The fourth-order valence-electron chi connectivity index (χ4n) is 2.94. The molecule has 2 atom stereocenters. The highest BCUT2D eigenvalue weighted by Crippen LogP contribution is 2.29. The van der Waals surface area contributed by atoms with Gasteiger partial charge in [-0.2, -0.15) is 0 Å². The van der Waals surface area contributed by atoms with Crippen LogP contribution < -0.4 is 10.6 Å². The standard InChI is InChI=1S/C15H29N3O2/c1-12(15(19)17-9-10-20-2)18(14-6-7-14)11-13-5-3-4-8-16-13/h12-14,16H,3-11H2,1-2H3,(H,17,19). The van der Waals surface area contributed by atoms with E-state index in [0.717, 1.165) is 13.1 Å². The van der Waals surface area contributed by atoms with Gasteiger partial charge < -0.3 is 15.4 Å². The van der Waals surface area contributed by atoms with Crippen molar-refractivity contribution >= 4 is 5.91 Å². The Morgan fingerprint density at radius 1 is 1.40 bits per heavy atom. The van der Waals surface area contributed by atoms with Crippen LogP contribution in [0.1, 0.15) is 39.0 Å². The number of hydrogen-bond donors (Lipinski definition) is 2. The lowest BCUT2D eigenvalue weighted by Gasteiger charge is -2.34. The molecule has 5 heteroatoms. The molecule has 5 nitrogen and oxygen atoms in total. The van der Waals surface area contributed by atoms with Gasteiger partial charge in [0.1, 0.15) is 0 Å². The molecule has 1 saturated heterocycles. The van der Waals surface area contributed by atoms with Crippen LogP contribution in [0.3, 0.4) is 0 Å². The Balaban J connectivity index is 1.81. The van der Waals surface area contributed by atoms with Gasteiger partial charge in [0.2, 0.25) is 5.91 Å². The molecule has 2 rings (SSSR count). The van der Waals surface area contributed by atoms with E-state index in [1.165, 1.54) is 32.1 Å². The van der Waals surface area contributed by atoms with Crippen molar-refractivity contribution in [3.63, 3.8) is 0 Å². The fourth-order valence-corrected chi connectivity index (χ4v) is 2.94. The van der Waals surface area contributed by atoms with Gasteiger partial charge in [0, 0.05) is 32.3 Å². The van der Waals surface area contributed by atoms with Gasteiger partial charge in [-0.05, 0) is 39.2 Å². The maximum atomic E-state index is 12.2. The molecule has 0 bridgehead atoms. The third kappa shape index (κ3) is 4.72. The van der Waals surface area contributed by atoms with Crippen molar-refractivity contribution in [3.8, 4) is 0 Å². The first-order chi connectivity index (χ1) is 9.72. The number of rotatable bonds is 8. The summed E-state index contributed by atoms with van der Waals surface area (Å²) in [6, 6.07) is 1.13. The average molecular weight is 283 g/mol. The van der Waals surface area contributed by atoms with Crippen LogP contribution >= 0.6 is 0 Å². The van der Waals surface area contributed by atoms with E-state index < -0.39 is 0 Å². The second-order valence-corrected chi connectivity index (χ2v) is 6.03. The Hall–Kier alpha value is -0.650. The Bertz CT molecular complexity index is 301. The third-order valence-corrected chi connectivity index (χ3v) is 4.34. The lowest BCUT2D eigenvalue weighted by molar-refractivity contribution is -0.126. The van der Waals surface area contributed by atoms with Gasteiger partial charge in [0.25, 0.3) is 0 Å². The largest absolute Gasteiger partial charge is 0.383 e. The van der Waals surface area contributed by atoms with Gasteiger partial charge in [-0.25, -0.2) is 0 Å². The van der Waals surface area contributed by atoms with Crippen molar-refractivity contribution in [2.75, 3.05) is 33.4 Å². The van der Waals surface area contributed by atoms with E-state index in [1.54, 1.807) is 7.11 Å². The van der Waals surface area contributed by atoms with Crippen LogP contribution in [0, 0.1) is 0 Å². The quantitative estimate of drug-likeness (QED) is 0.645. The summed E-state index contributed by atoms with van der Waals surface area (Å²) in [5, 5.41) is 6.54. The lowest BCUT2D eigenvalue weighted by atomic mass is 10.0. The van der Waals surface area contributed by atoms with Crippen molar-refractivity contribution in [1.29, 1.82) is 0 Å². The van der Waals surface area contributed by atoms with Gasteiger partial charge >= 0.3 is 0 Å². The number of hydrogen-bond acceptors (Lipinski definition) is 4. The summed E-state index contributed by atoms with van der Waals surface area (Å²) in [6.07, 6.45) is 6.31. The predicted octanol–water partition coefficient (Wildman–Crippen LogP) is 0.744. The maximum Gasteiger partial charge on any atom is 0.237 e. The highest BCUT2D eigenvalue weighted by atomic mass is 16.5. The number of piperidine rings is 1. The number of carbonyl (C=O) groups excluding carboxylic acids is 1. The minimum atomic E-state index is -0.0388. The van der Waals surface area contributed by atoms with Gasteiger partial charge in [-0.3, -0.25) is 9.69 Å². The molecule has 2 aliphatic rings. The number of nitrogens with zero attached hydrogens (tertiary/aromatic N) is 1. The Morgan fingerprint density at radius 2 is 2.20 bits per heavy atom. The second kappa shape index (κ2) is 7.96. The molecule has 0 spiro atoms.